The summed E-state index contributed by atoms with van der Waals surface area (Å²) in [5, 5.41) is 2.82. The van der Waals surface area contributed by atoms with Crippen molar-refractivity contribution in [1.82, 2.24) is 14.9 Å². The van der Waals surface area contributed by atoms with Crippen LogP contribution in [0, 0.1) is 18.6 Å². The van der Waals surface area contributed by atoms with E-state index in [4.69, 9.17) is 12.2 Å². The van der Waals surface area contributed by atoms with Crippen molar-refractivity contribution in [2.24, 2.45) is 0 Å². The zero-order valence-electron chi connectivity index (χ0n) is 11.5. The maximum absolute atomic E-state index is 12.7. The molecular weight excluding hydrogens is 310 g/mol. The maximum Gasteiger partial charge on any atom is 0.264 e. The van der Waals surface area contributed by atoms with Gasteiger partial charge in [-0.25, -0.2) is 0 Å². The number of carbonyl (C=O) groups excluding carboxylic acids is 2. The highest BCUT2D eigenvalue weighted by molar-refractivity contribution is 7.71. The first-order valence-corrected chi connectivity index (χ1v) is 7.71. The average Bonchev–Trinajstić information content (AvgIpc) is 2.67. The Hall–Kier alpha value is -1.80. The first-order chi connectivity index (χ1) is 9.90. The second-order valence-corrected chi connectivity index (χ2v) is 6.67. The molecule has 0 aromatic carbocycles. The smallest absolute Gasteiger partial charge is 0.264 e. The van der Waals surface area contributed by atoms with Gasteiger partial charge in [0, 0.05) is 11.3 Å². The number of nitrogens with one attached hydrogen (secondary N) is 2. The summed E-state index contributed by atoms with van der Waals surface area (Å²) in [5.41, 5.74) is 0.623. The molecule has 3 heterocycles. The van der Waals surface area contributed by atoms with Gasteiger partial charge in [-0.05, 0) is 38.0 Å². The highest BCUT2D eigenvalue weighted by Gasteiger charge is 2.30. The van der Waals surface area contributed by atoms with Gasteiger partial charge < -0.3 is 4.98 Å². The second-order valence-electron chi connectivity index (χ2n) is 5.06. The molecule has 2 aromatic heterocycles. The molecule has 6 nitrogen and oxygen atoms in total. The third-order valence-electron chi connectivity index (χ3n) is 3.78. The van der Waals surface area contributed by atoms with Gasteiger partial charge in [0.2, 0.25) is 11.8 Å². The van der Waals surface area contributed by atoms with Crippen molar-refractivity contribution in [3.05, 3.63) is 25.6 Å². The highest BCUT2D eigenvalue weighted by atomic mass is 32.1. The molecule has 3 rings (SSSR count). The lowest BCUT2D eigenvalue weighted by Gasteiger charge is -2.22. The van der Waals surface area contributed by atoms with Gasteiger partial charge in [-0.3, -0.25) is 24.3 Å². The highest BCUT2D eigenvalue weighted by Crippen LogP contribution is 2.27. The van der Waals surface area contributed by atoms with Crippen LogP contribution in [0.4, 0.5) is 0 Å². The number of piperidine rings is 1. The van der Waals surface area contributed by atoms with Crippen LogP contribution in [-0.2, 0) is 9.59 Å². The Labute approximate surface area is 128 Å². The number of rotatable bonds is 1. The Balaban J connectivity index is 2.26. The fourth-order valence-corrected chi connectivity index (χ4v) is 3.98. The van der Waals surface area contributed by atoms with E-state index in [9.17, 15) is 14.4 Å². The van der Waals surface area contributed by atoms with E-state index in [0.717, 1.165) is 15.3 Å². The Morgan fingerprint density at radius 3 is 2.67 bits per heavy atom. The molecule has 1 aliphatic heterocycles. The first-order valence-electron chi connectivity index (χ1n) is 6.48. The lowest BCUT2D eigenvalue weighted by Crippen LogP contribution is -2.44. The predicted molar refractivity (Wildman–Crippen MR) is 82.2 cm³/mol. The van der Waals surface area contributed by atoms with Crippen molar-refractivity contribution < 1.29 is 9.59 Å². The Morgan fingerprint density at radius 2 is 2.00 bits per heavy atom. The molecule has 0 saturated carbocycles. The normalized spacial score (nSPS) is 19.0. The number of aromatic amines is 1. The molecule has 1 aliphatic rings. The molecule has 0 bridgehead atoms. The zero-order valence-corrected chi connectivity index (χ0v) is 13.1. The summed E-state index contributed by atoms with van der Waals surface area (Å²) in [6, 6.07) is -0.733. The summed E-state index contributed by atoms with van der Waals surface area (Å²) in [4.78, 5) is 40.7. The minimum Gasteiger partial charge on any atom is -0.323 e. The molecule has 2 aromatic rings. The van der Waals surface area contributed by atoms with Crippen LogP contribution < -0.4 is 10.9 Å². The van der Waals surface area contributed by atoms with E-state index in [0.29, 0.717) is 5.39 Å². The number of nitrogens with zero attached hydrogens (tertiary/aromatic N) is 1. The molecule has 8 heteroatoms. The standard InChI is InChI=1S/C13H13N3O3S2/c1-5-6(2)21-11-9(5)12(19)16(13(20)15-11)7-3-4-8(17)14-10(7)18/h7H,3-4H2,1-2H3,(H,15,20)(H,14,17,18). The van der Waals surface area contributed by atoms with Gasteiger partial charge in [-0.2, -0.15) is 0 Å². The molecule has 0 spiro atoms. The maximum atomic E-state index is 12.7. The van der Waals surface area contributed by atoms with Gasteiger partial charge >= 0.3 is 0 Å². The Kier molecular flexibility index (Phi) is 3.29. The quantitative estimate of drug-likeness (QED) is 0.618. The van der Waals surface area contributed by atoms with Gasteiger partial charge in [0.25, 0.3) is 5.56 Å². The minimum atomic E-state index is -0.733. The molecule has 1 fully saturated rings. The summed E-state index contributed by atoms with van der Waals surface area (Å²) in [6.45, 7) is 3.81. The van der Waals surface area contributed by atoms with E-state index in [-0.39, 0.29) is 29.1 Å². The number of carbonyl (C=O) groups is 2. The van der Waals surface area contributed by atoms with E-state index in [1.54, 1.807) is 0 Å². The van der Waals surface area contributed by atoms with Gasteiger partial charge in [0.1, 0.15) is 10.9 Å². The Morgan fingerprint density at radius 1 is 1.29 bits per heavy atom. The van der Waals surface area contributed by atoms with Crippen LogP contribution >= 0.6 is 23.6 Å². The molecular formula is C13H13N3O3S2. The SMILES string of the molecule is Cc1sc2[nH]c(=S)n(C3CCC(=O)NC3=O)c(=O)c2c1C. The van der Waals surface area contributed by atoms with Crippen LogP contribution in [0.25, 0.3) is 10.2 Å². The second kappa shape index (κ2) is 4.88. The first kappa shape index (κ1) is 14.2. The number of thiophene rings is 1. The number of H-pyrrole nitrogens is 1. The third-order valence-corrected chi connectivity index (χ3v) is 5.20. The molecule has 1 saturated heterocycles. The molecule has 1 atom stereocenters. The van der Waals surface area contributed by atoms with E-state index in [1.807, 2.05) is 13.8 Å². The average molecular weight is 323 g/mol. The van der Waals surface area contributed by atoms with Gasteiger partial charge in [0.15, 0.2) is 4.77 Å². The number of imide groups is 1. The van der Waals surface area contributed by atoms with E-state index < -0.39 is 11.9 Å². The van der Waals surface area contributed by atoms with Crippen molar-refractivity contribution in [3.63, 3.8) is 0 Å². The summed E-state index contributed by atoms with van der Waals surface area (Å²) in [6.07, 6.45) is 0.493. The zero-order chi connectivity index (χ0) is 15.3. The molecule has 110 valence electrons. The number of aryl methyl sites for hydroxylation is 2. The van der Waals surface area contributed by atoms with E-state index in [1.165, 1.54) is 15.9 Å². The summed E-state index contributed by atoms with van der Waals surface area (Å²) in [5.74, 6) is -0.792. The van der Waals surface area contributed by atoms with Crippen LogP contribution in [0.5, 0.6) is 0 Å². The molecule has 2 N–H and O–H groups in total. The van der Waals surface area contributed by atoms with Crippen LogP contribution in [0.15, 0.2) is 4.79 Å². The summed E-state index contributed by atoms with van der Waals surface area (Å²) < 4.78 is 1.50. The molecule has 1 unspecified atom stereocenters. The topological polar surface area (TPSA) is 84.0 Å². The monoisotopic (exact) mass is 323 g/mol. The fourth-order valence-electron chi connectivity index (χ4n) is 2.55. The molecule has 0 radical (unpaired) electrons. The third kappa shape index (κ3) is 2.14. The molecule has 0 aliphatic carbocycles. The van der Waals surface area contributed by atoms with Crippen LogP contribution in [0.1, 0.15) is 29.3 Å². The summed E-state index contributed by atoms with van der Waals surface area (Å²) in [7, 11) is 0. The molecule has 21 heavy (non-hydrogen) atoms. The lowest BCUT2D eigenvalue weighted by atomic mass is 10.1. The number of hydrogen-bond acceptors (Lipinski definition) is 5. The van der Waals surface area contributed by atoms with Gasteiger partial charge in [-0.1, -0.05) is 0 Å². The van der Waals surface area contributed by atoms with Crippen LogP contribution in [0.3, 0.4) is 0 Å². The van der Waals surface area contributed by atoms with Crippen LogP contribution in [-0.4, -0.2) is 21.4 Å². The van der Waals surface area contributed by atoms with Crippen LogP contribution in [0.2, 0.25) is 0 Å². The van der Waals surface area contributed by atoms with Crippen molar-refractivity contribution in [1.29, 1.82) is 0 Å². The minimum absolute atomic E-state index is 0.206. The summed E-state index contributed by atoms with van der Waals surface area (Å²) >= 11 is 6.71. The van der Waals surface area contributed by atoms with Gasteiger partial charge in [-0.15, -0.1) is 11.3 Å². The van der Waals surface area contributed by atoms with Crippen molar-refractivity contribution in [2.45, 2.75) is 32.7 Å². The van der Waals surface area contributed by atoms with Crippen molar-refractivity contribution >= 4 is 45.6 Å². The number of aromatic nitrogens is 2. The van der Waals surface area contributed by atoms with E-state index >= 15 is 0 Å². The largest absolute Gasteiger partial charge is 0.323 e. The van der Waals surface area contributed by atoms with E-state index in [2.05, 4.69) is 10.3 Å². The number of hydrogen-bond donors (Lipinski definition) is 2. The number of amides is 2. The number of fused-ring (bicyclic) bond motifs is 1. The Bertz CT molecular complexity index is 890. The molecule has 2 amide bonds. The van der Waals surface area contributed by atoms with Crippen molar-refractivity contribution in [3.8, 4) is 0 Å². The fraction of sp³-hybridized carbons (Fsp3) is 0.385. The van der Waals surface area contributed by atoms with Crippen molar-refractivity contribution in [2.75, 3.05) is 0 Å². The lowest BCUT2D eigenvalue weighted by molar-refractivity contribution is -0.135. The van der Waals surface area contributed by atoms with Gasteiger partial charge in [0.05, 0.1) is 5.39 Å². The predicted octanol–water partition coefficient (Wildman–Crippen LogP) is 1.72.